The quantitative estimate of drug-likeness (QED) is 0.916. The molecule has 2 rings (SSSR count). The fourth-order valence-corrected chi connectivity index (χ4v) is 1.82. The minimum Gasteiger partial charge on any atom is -0.376 e. The lowest BCUT2D eigenvalue weighted by molar-refractivity contribution is 0.375. The molecule has 0 fully saturated rings. The van der Waals surface area contributed by atoms with Crippen molar-refractivity contribution >= 4 is 21.6 Å². The summed E-state index contributed by atoms with van der Waals surface area (Å²) >= 11 is 3.40. The van der Waals surface area contributed by atoms with E-state index in [0.717, 1.165) is 22.4 Å². The second kappa shape index (κ2) is 6.00. The van der Waals surface area contributed by atoms with Crippen molar-refractivity contribution < 1.29 is 4.52 Å². The molecule has 1 aromatic carbocycles. The number of rotatable bonds is 5. The zero-order chi connectivity index (χ0) is 13.0. The number of hydrogen-bond donors (Lipinski definition) is 1. The van der Waals surface area contributed by atoms with Crippen LogP contribution in [0.4, 0.5) is 5.69 Å². The molecule has 0 aliphatic heterocycles. The van der Waals surface area contributed by atoms with Crippen molar-refractivity contribution in [3.05, 3.63) is 40.5 Å². The fourth-order valence-electron chi connectivity index (χ4n) is 1.56. The number of nitrogens with zero attached hydrogens (tertiary/aromatic N) is 2. The molecule has 0 spiro atoms. The highest BCUT2D eigenvalue weighted by Crippen LogP contribution is 2.14. The highest BCUT2D eigenvalue weighted by Gasteiger charge is 2.07. The molecule has 0 radical (unpaired) electrons. The van der Waals surface area contributed by atoms with E-state index in [1.165, 1.54) is 0 Å². The van der Waals surface area contributed by atoms with E-state index >= 15 is 0 Å². The van der Waals surface area contributed by atoms with Gasteiger partial charge in [0.15, 0.2) is 5.82 Å². The maximum Gasteiger partial charge on any atom is 0.245 e. The van der Waals surface area contributed by atoms with Crippen molar-refractivity contribution in [3.63, 3.8) is 0 Å². The highest BCUT2D eigenvalue weighted by molar-refractivity contribution is 9.10. The smallest absolute Gasteiger partial charge is 0.245 e. The van der Waals surface area contributed by atoms with Crippen LogP contribution in [0, 0.1) is 5.92 Å². The summed E-state index contributed by atoms with van der Waals surface area (Å²) in [6, 6.07) is 7.96. The molecule has 0 unspecified atom stereocenters. The van der Waals surface area contributed by atoms with Crippen LogP contribution in [0.15, 0.2) is 33.3 Å². The van der Waals surface area contributed by atoms with Crippen LogP contribution in [-0.4, -0.2) is 10.1 Å². The van der Waals surface area contributed by atoms with Gasteiger partial charge in [-0.05, 0) is 30.2 Å². The van der Waals surface area contributed by atoms with Crippen LogP contribution in [0.25, 0.3) is 0 Å². The molecule has 0 atom stereocenters. The molecule has 0 bridgehead atoms. The Bertz CT molecular complexity index is 493. The molecule has 5 heteroatoms. The summed E-state index contributed by atoms with van der Waals surface area (Å²) in [5.74, 6) is 1.93. The average molecular weight is 310 g/mol. The van der Waals surface area contributed by atoms with Gasteiger partial charge in [0.1, 0.15) is 0 Å². The molecule has 0 aliphatic carbocycles. The van der Waals surface area contributed by atoms with Crippen LogP contribution >= 0.6 is 15.9 Å². The molecule has 96 valence electrons. The van der Waals surface area contributed by atoms with Crippen LogP contribution in [0.1, 0.15) is 25.6 Å². The van der Waals surface area contributed by atoms with Crippen molar-refractivity contribution in [2.75, 3.05) is 5.32 Å². The Morgan fingerprint density at radius 2 is 2.00 bits per heavy atom. The maximum absolute atomic E-state index is 5.18. The van der Waals surface area contributed by atoms with Crippen LogP contribution in [0.3, 0.4) is 0 Å². The number of aromatic nitrogens is 2. The van der Waals surface area contributed by atoms with Gasteiger partial charge in [-0.15, -0.1) is 0 Å². The highest BCUT2D eigenvalue weighted by atomic mass is 79.9. The predicted molar refractivity (Wildman–Crippen MR) is 74.3 cm³/mol. The van der Waals surface area contributed by atoms with Gasteiger partial charge in [-0.2, -0.15) is 4.98 Å². The Kier molecular flexibility index (Phi) is 4.36. The summed E-state index contributed by atoms with van der Waals surface area (Å²) < 4.78 is 6.24. The number of benzene rings is 1. The van der Waals surface area contributed by atoms with Crippen LogP contribution < -0.4 is 5.32 Å². The molecular formula is C13H16BrN3O. The minimum atomic E-state index is 0.537. The van der Waals surface area contributed by atoms with Crippen molar-refractivity contribution in [1.82, 2.24) is 10.1 Å². The summed E-state index contributed by atoms with van der Waals surface area (Å²) in [4.78, 5) is 4.33. The number of nitrogens with one attached hydrogen (secondary N) is 1. The zero-order valence-corrected chi connectivity index (χ0v) is 12.1. The van der Waals surface area contributed by atoms with E-state index in [4.69, 9.17) is 4.52 Å². The SMILES string of the molecule is CC(C)Cc1noc(CNc2ccc(Br)cc2)n1. The van der Waals surface area contributed by atoms with Gasteiger partial charge in [-0.25, -0.2) is 0 Å². The second-order valence-electron chi connectivity index (χ2n) is 4.56. The van der Waals surface area contributed by atoms with Gasteiger partial charge in [0.2, 0.25) is 5.89 Å². The molecule has 1 N–H and O–H groups in total. The van der Waals surface area contributed by atoms with Gasteiger partial charge in [0, 0.05) is 16.6 Å². The largest absolute Gasteiger partial charge is 0.376 e. The average Bonchev–Trinajstić information content (AvgIpc) is 2.75. The van der Waals surface area contributed by atoms with E-state index in [1.807, 2.05) is 24.3 Å². The molecule has 1 aromatic heterocycles. The van der Waals surface area contributed by atoms with Crippen molar-refractivity contribution in [1.29, 1.82) is 0 Å². The van der Waals surface area contributed by atoms with E-state index in [0.29, 0.717) is 18.4 Å². The number of halogens is 1. The monoisotopic (exact) mass is 309 g/mol. The molecule has 18 heavy (non-hydrogen) atoms. The lowest BCUT2D eigenvalue weighted by Gasteiger charge is -2.02. The summed E-state index contributed by atoms with van der Waals surface area (Å²) in [6.07, 6.45) is 0.849. The summed E-state index contributed by atoms with van der Waals surface area (Å²) in [7, 11) is 0. The molecule has 0 amide bonds. The lowest BCUT2D eigenvalue weighted by atomic mass is 10.1. The van der Waals surface area contributed by atoms with Gasteiger partial charge < -0.3 is 9.84 Å². The summed E-state index contributed by atoms with van der Waals surface area (Å²) in [5.41, 5.74) is 1.03. The molecule has 1 heterocycles. The Hall–Kier alpha value is -1.36. The molecule has 0 saturated heterocycles. The van der Waals surface area contributed by atoms with Crippen molar-refractivity contribution in [3.8, 4) is 0 Å². The Morgan fingerprint density at radius 3 is 2.67 bits per heavy atom. The maximum atomic E-state index is 5.18. The van der Waals surface area contributed by atoms with Crippen molar-refractivity contribution in [2.24, 2.45) is 5.92 Å². The molecular weight excluding hydrogens is 294 g/mol. The van der Waals surface area contributed by atoms with E-state index in [9.17, 15) is 0 Å². The topological polar surface area (TPSA) is 51.0 Å². The van der Waals surface area contributed by atoms with Gasteiger partial charge >= 0.3 is 0 Å². The molecule has 4 nitrogen and oxygen atoms in total. The first kappa shape index (κ1) is 13.1. The van der Waals surface area contributed by atoms with E-state index in [1.54, 1.807) is 0 Å². The minimum absolute atomic E-state index is 0.537. The second-order valence-corrected chi connectivity index (χ2v) is 5.48. The van der Waals surface area contributed by atoms with E-state index < -0.39 is 0 Å². The number of anilines is 1. The van der Waals surface area contributed by atoms with Gasteiger partial charge in [0.05, 0.1) is 6.54 Å². The summed E-state index contributed by atoms with van der Waals surface area (Å²) in [6.45, 7) is 4.82. The predicted octanol–water partition coefficient (Wildman–Crippen LogP) is 3.64. The first-order valence-electron chi connectivity index (χ1n) is 5.94. The fraction of sp³-hybridized carbons (Fsp3) is 0.385. The third-order valence-electron chi connectivity index (χ3n) is 2.39. The molecule has 0 aliphatic rings. The third-order valence-corrected chi connectivity index (χ3v) is 2.92. The van der Waals surface area contributed by atoms with Crippen molar-refractivity contribution in [2.45, 2.75) is 26.8 Å². The van der Waals surface area contributed by atoms with Crippen LogP contribution in [0.5, 0.6) is 0 Å². The van der Waals surface area contributed by atoms with Crippen LogP contribution in [-0.2, 0) is 13.0 Å². The van der Waals surface area contributed by atoms with Crippen LogP contribution in [0.2, 0.25) is 0 Å². The first-order chi connectivity index (χ1) is 8.63. The van der Waals surface area contributed by atoms with Gasteiger partial charge in [0.25, 0.3) is 0 Å². The molecule has 0 saturated carbocycles. The zero-order valence-electron chi connectivity index (χ0n) is 10.5. The standard InChI is InChI=1S/C13H16BrN3O/c1-9(2)7-12-16-13(18-17-12)8-15-11-5-3-10(14)4-6-11/h3-6,9,15H,7-8H2,1-2H3. The number of hydrogen-bond acceptors (Lipinski definition) is 4. The lowest BCUT2D eigenvalue weighted by Crippen LogP contribution is -2.00. The molecule has 2 aromatic rings. The Labute approximate surface area is 115 Å². The normalized spacial score (nSPS) is 10.9. The van der Waals surface area contributed by atoms with Gasteiger partial charge in [-0.1, -0.05) is 34.9 Å². The third kappa shape index (κ3) is 3.84. The van der Waals surface area contributed by atoms with Gasteiger partial charge in [-0.3, -0.25) is 0 Å². The Morgan fingerprint density at radius 1 is 1.28 bits per heavy atom. The Balaban J connectivity index is 1.90. The first-order valence-corrected chi connectivity index (χ1v) is 6.73. The summed E-state index contributed by atoms with van der Waals surface area (Å²) in [5, 5.41) is 7.19. The van der Waals surface area contributed by atoms with E-state index in [2.05, 4.69) is 45.2 Å². The van der Waals surface area contributed by atoms with E-state index in [-0.39, 0.29) is 0 Å².